The predicted octanol–water partition coefficient (Wildman–Crippen LogP) is 2.70. The molecule has 2 N–H and O–H groups in total. The summed E-state index contributed by atoms with van der Waals surface area (Å²) in [5.74, 6) is -0.959. The van der Waals surface area contributed by atoms with E-state index in [0.717, 1.165) is 16.0 Å². The number of nitrogens with zero attached hydrogens (tertiary/aromatic N) is 2. The number of thiazole rings is 1. The van der Waals surface area contributed by atoms with E-state index in [0.29, 0.717) is 18.2 Å². The fourth-order valence-corrected chi connectivity index (χ4v) is 2.91. The van der Waals surface area contributed by atoms with Crippen molar-refractivity contribution < 1.29 is 14.7 Å². The number of hydrogen-bond acceptors (Lipinski definition) is 4. The number of hydrogen-bond donors (Lipinski definition) is 2. The molecular weight excluding hydrogens is 290 g/mol. The third-order valence-electron chi connectivity index (χ3n) is 3.30. The van der Waals surface area contributed by atoms with Crippen LogP contribution >= 0.6 is 11.3 Å². The Kier molecular flexibility index (Phi) is 3.34. The van der Waals surface area contributed by atoms with Crippen LogP contribution in [0.3, 0.4) is 0 Å². The van der Waals surface area contributed by atoms with Gasteiger partial charge in [-0.1, -0.05) is 6.07 Å². The van der Waals surface area contributed by atoms with E-state index in [-0.39, 0.29) is 11.6 Å². The summed E-state index contributed by atoms with van der Waals surface area (Å²) in [7, 11) is 0. The lowest BCUT2D eigenvalue weighted by Crippen LogP contribution is -2.30. The molecule has 21 heavy (non-hydrogen) atoms. The van der Waals surface area contributed by atoms with Crippen molar-refractivity contribution in [1.29, 1.82) is 0 Å². The first-order valence-electron chi connectivity index (χ1n) is 6.36. The number of carbonyl (C=O) groups excluding carboxylic acids is 1. The second-order valence-corrected chi connectivity index (χ2v) is 6.09. The van der Waals surface area contributed by atoms with Crippen molar-refractivity contribution in [3.8, 4) is 0 Å². The highest BCUT2D eigenvalue weighted by molar-refractivity contribution is 7.15. The van der Waals surface area contributed by atoms with Crippen LogP contribution in [-0.2, 0) is 13.1 Å². The highest BCUT2D eigenvalue weighted by atomic mass is 32.1. The van der Waals surface area contributed by atoms with E-state index >= 15 is 0 Å². The zero-order valence-corrected chi connectivity index (χ0v) is 12.1. The molecule has 1 aliphatic heterocycles. The zero-order valence-electron chi connectivity index (χ0n) is 11.3. The number of carbonyl (C=O) groups is 2. The normalized spacial score (nSPS) is 13.1. The van der Waals surface area contributed by atoms with E-state index in [1.807, 2.05) is 6.92 Å². The van der Waals surface area contributed by atoms with E-state index in [9.17, 15) is 9.59 Å². The molecule has 2 amide bonds. The minimum atomic E-state index is -0.959. The second-order valence-electron chi connectivity index (χ2n) is 4.85. The van der Waals surface area contributed by atoms with Gasteiger partial charge in [0.05, 0.1) is 5.56 Å². The van der Waals surface area contributed by atoms with Gasteiger partial charge in [0.15, 0.2) is 5.13 Å². The van der Waals surface area contributed by atoms with Crippen molar-refractivity contribution in [2.45, 2.75) is 20.0 Å². The Morgan fingerprint density at radius 2 is 2.10 bits per heavy atom. The number of fused-ring (bicyclic) bond motifs is 1. The molecular formula is C14H13N3O3S. The van der Waals surface area contributed by atoms with Crippen molar-refractivity contribution in [1.82, 2.24) is 9.88 Å². The van der Waals surface area contributed by atoms with E-state index in [1.165, 1.54) is 11.3 Å². The van der Waals surface area contributed by atoms with Gasteiger partial charge in [-0.25, -0.2) is 14.6 Å². The summed E-state index contributed by atoms with van der Waals surface area (Å²) in [5.41, 5.74) is 2.09. The maximum Gasteiger partial charge on any atom is 0.335 e. The summed E-state index contributed by atoms with van der Waals surface area (Å²) in [6, 6.07) is 4.72. The first-order chi connectivity index (χ1) is 10.0. The fraction of sp³-hybridized carbons (Fsp3) is 0.214. The maximum absolute atomic E-state index is 12.2. The molecule has 0 saturated carbocycles. The lowest BCUT2D eigenvalue weighted by Gasteiger charge is -2.14. The van der Waals surface area contributed by atoms with Crippen LogP contribution in [-0.4, -0.2) is 27.0 Å². The van der Waals surface area contributed by atoms with Crippen molar-refractivity contribution in [2.24, 2.45) is 0 Å². The van der Waals surface area contributed by atoms with Gasteiger partial charge in [-0.05, 0) is 30.2 Å². The average molecular weight is 303 g/mol. The van der Waals surface area contributed by atoms with Crippen molar-refractivity contribution in [3.05, 3.63) is 46.0 Å². The third kappa shape index (κ3) is 2.73. The Morgan fingerprint density at radius 3 is 2.76 bits per heavy atom. The molecule has 2 heterocycles. The number of nitrogens with one attached hydrogen (secondary N) is 1. The van der Waals surface area contributed by atoms with Gasteiger partial charge >= 0.3 is 12.0 Å². The molecule has 6 nitrogen and oxygen atoms in total. The quantitative estimate of drug-likeness (QED) is 0.893. The Labute approximate surface area is 125 Å². The molecule has 7 heteroatoms. The predicted molar refractivity (Wildman–Crippen MR) is 78.5 cm³/mol. The van der Waals surface area contributed by atoms with E-state index in [1.54, 1.807) is 29.3 Å². The van der Waals surface area contributed by atoms with Crippen LogP contribution in [0.15, 0.2) is 24.4 Å². The highest BCUT2D eigenvalue weighted by Crippen LogP contribution is 2.25. The molecule has 0 atom stereocenters. The molecule has 1 aliphatic rings. The summed E-state index contributed by atoms with van der Waals surface area (Å²) >= 11 is 1.42. The van der Waals surface area contributed by atoms with Crippen molar-refractivity contribution in [2.75, 3.05) is 5.32 Å². The number of anilines is 1. The Bertz CT molecular complexity index is 726. The van der Waals surface area contributed by atoms with Crippen LogP contribution in [0.25, 0.3) is 0 Å². The number of benzene rings is 1. The molecule has 0 unspecified atom stereocenters. The number of carboxylic acid groups (broad SMARTS) is 1. The number of carboxylic acids is 1. The minimum Gasteiger partial charge on any atom is -0.478 e. The molecule has 3 rings (SSSR count). The topological polar surface area (TPSA) is 82.5 Å². The molecule has 0 radical (unpaired) electrons. The lowest BCUT2D eigenvalue weighted by molar-refractivity contribution is 0.0696. The van der Waals surface area contributed by atoms with E-state index < -0.39 is 5.97 Å². The Morgan fingerprint density at radius 1 is 1.33 bits per heavy atom. The first kappa shape index (κ1) is 13.6. The van der Waals surface area contributed by atoms with E-state index in [2.05, 4.69) is 10.3 Å². The number of amides is 2. The molecule has 0 spiro atoms. The van der Waals surface area contributed by atoms with Crippen LogP contribution in [0.5, 0.6) is 0 Å². The summed E-state index contributed by atoms with van der Waals surface area (Å²) < 4.78 is 0. The molecule has 0 saturated heterocycles. The summed E-state index contributed by atoms with van der Waals surface area (Å²) in [4.78, 5) is 29.9. The standard InChI is InChI=1S/C14H13N3O3S/c1-8-5-15-13(21-8)16-14(20)17-6-10-3-2-9(12(18)19)4-11(10)7-17/h2-5H,6-7H2,1H3,(H,18,19)(H,15,16,20). The molecule has 1 aromatic carbocycles. The third-order valence-corrected chi connectivity index (χ3v) is 4.13. The zero-order chi connectivity index (χ0) is 15.0. The number of urea groups is 1. The number of aryl methyl sites for hydroxylation is 1. The van der Waals surface area contributed by atoms with Crippen LogP contribution in [0.1, 0.15) is 26.4 Å². The summed E-state index contributed by atoms with van der Waals surface area (Å²) in [6.07, 6.45) is 1.71. The molecule has 0 bridgehead atoms. The van der Waals surface area contributed by atoms with Gasteiger partial charge in [0.2, 0.25) is 0 Å². The fourth-order valence-electron chi connectivity index (χ4n) is 2.25. The van der Waals surface area contributed by atoms with Gasteiger partial charge in [-0.15, -0.1) is 11.3 Å². The van der Waals surface area contributed by atoms with Crippen molar-refractivity contribution in [3.63, 3.8) is 0 Å². The van der Waals surface area contributed by atoms with Crippen molar-refractivity contribution >= 4 is 28.5 Å². The van der Waals surface area contributed by atoms with Gasteiger partial charge in [0, 0.05) is 24.2 Å². The monoisotopic (exact) mass is 303 g/mol. The summed E-state index contributed by atoms with van der Waals surface area (Å²) in [6.45, 7) is 2.81. The largest absolute Gasteiger partial charge is 0.478 e. The highest BCUT2D eigenvalue weighted by Gasteiger charge is 2.24. The van der Waals surface area contributed by atoms with Gasteiger partial charge < -0.3 is 10.0 Å². The average Bonchev–Trinajstić information content (AvgIpc) is 3.03. The molecule has 0 fully saturated rings. The van der Waals surface area contributed by atoms with Crippen LogP contribution in [0, 0.1) is 6.92 Å². The van der Waals surface area contributed by atoms with Crippen LogP contribution in [0.4, 0.5) is 9.93 Å². The SMILES string of the molecule is Cc1cnc(NC(=O)N2Cc3ccc(C(=O)O)cc3C2)s1. The Hall–Kier alpha value is -2.41. The van der Waals surface area contributed by atoms with Gasteiger partial charge in [-0.3, -0.25) is 5.32 Å². The van der Waals surface area contributed by atoms with E-state index in [4.69, 9.17) is 5.11 Å². The van der Waals surface area contributed by atoms with Crippen LogP contribution < -0.4 is 5.32 Å². The molecule has 108 valence electrons. The molecule has 1 aromatic heterocycles. The Balaban J connectivity index is 1.72. The summed E-state index contributed by atoms with van der Waals surface area (Å²) in [5, 5.41) is 12.3. The smallest absolute Gasteiger partial charge is 0.335 e. The maximum atomic E-state index is 12.2. The minimum absolute atomic E-state index is 0.225. The van der Waals surface area contributed by atoms with Gasteiger partial charge in [0.1, 0.15) is 0 Å². The van der Waals surface area contributed by atoms with Gasteiger partial charge in [0.25, 0.3) is 0 Å². The van der Waals surface area contributed by atoms with Crippen LogP contribution in [0.2, 0.25) is 0 Å². The molecule has 2 aromatic rings. The second kappa shape index (κ2) is 5.17. The molecule has 0 aliphatic carbocycles. The first-order valence-corrected chi connectivity index (χ1v) is 7.18. The van der Waals surface area contributed by atoms with Gasteiger partial charge in [-0.2, -0.15) is 0 Å². The number of aromatic carboxylic acids is 1. The number of aromatic nitrogens is 1. The number of rotatable bonds is 2. The lowest BCUT2D eigenvalue weighted by atomic mass is 10.1.